The smallest absolute Gasteiger partial charge is 0.243 e. The van der Waals surface area contributed by atoms with E-state index in [4.69, 9.17) is 0 Å². The molecule has 4 heteroatoms. The molecule has 0 aliphatic carbocycles. The van der Waals surface area contributed by atoms with E-state index < -0.39 is 0 Å². The summed E-state index contributed by atoms with van der Waals surface area (Å²) in [6, 6.07) is 12.1. The molecular formula is C15H16N2OS. The molecule has 0 saturated carbocycles. The zero-order chi connectivity index (χ0) is 13.2. The minimum Gasteiger partial charge on any atom is -0.373 e. The van der Waals surface area contributed by atoms with Crippen molar-refractivity contribution >= 4 is 22.9 Å². The van der Waals surface area contributed by atoms with Crippen LogP contribution in [0.4, 0.5) is 5.69 Å². The first-order valence-corrected chi connectivity index (χ1v) is 7.21. The largest absolute Gasteiger partial charge is 0.373 e. The van der Waals surface area contributed by atoms with Crippen LogP contribution in [-0.4, -0.2) is 11.9 Å². The Labute approximate surface area is 116 Å². The van der Waals surface area contributed by atoms with Crippen molar-refractivity contribution in [2.45, 2.75) is 25.9 Å². The Morgan fingerprint density at radius 2 is 2.21 bits per heavy atom. The van der Waals surface area contributed by atoms with Crippen molar-refractivity contribution in [1.82, 2.24) is 5.32 Å². The van der Waals surface area contributed by atoms with Gasteiger partial charge >= 0.3 is 0 Å². The second-order valence-corrected chi connectivity index (χ2v) is 6.16. The quantitative estimate of drug-likeness (QED) is 0.902. The van der Waals surface area contributed by atoms with Gasteiger partial charge in [-0.05, 0) is 30.7 Å². The number of thiophene rings is 1. The molecule has 98 valence electrons. The molecule has 1 aromatic heterocycles. The Balaban J connectivity index is 1.58. The highest BCUT2D eigenvalue weighted by Gasteiger charge is 2.25. The van der Waals surface area contributed by atoms with Crippen molar-refractivity contribution < 1.29 is 4.79 Å². The molecule has 1 atom stereocenters. The van der Waals surface area contributed by atoms with Crippen LogP contribution in [0.1, 0.15) is 15.3 Å². The van der Waals surface area contributed by atoms with E-state index >= 15 is 0 Å². The summed E-state index contributed by atoms with van der Waals surface area (Å²) in [5, 5.41) is 6.27. The summed E-state index contributed by atoms with van der Waals surface area (Å²) < 4.78 is 0. The normalized spacial score (nSPS) is 16.8. The van der Waals surface area contributed by atoms with Gasteiger partial charge in [0.2, 0.25) is 5.91 Å². The topological polar surface area (TPSA) is 41.1 Å². The van der Waals surface area contributed by atoms with Crippen LogP contribution in [0.25, 0.3) is 0 Å². The summed E-state index contributed by atoms with van der Waals surface area (Å²) in [5.74, 6) is 0.0715. The Bertz CT molecular complexity index is 581. The summed E-state index contributed by atoms with van der Waals surface area (Å²) in [4.78, 5) is 14.6. The molecule has 1 aromatic carbocycles. The first-order valence-electron chi connectivity index (χ1n) is 6.40. The SMILES string of the molecule is Cc1ccc(CNC(=O)[C@@H]2Cc3ccccc3N2)s1. The lowest BCUT2D eigenvalue weighted by Gasteiger charge is -2.11. The second-order valence-electron chi connectivity index (χ2n) is 4.79. The standard InChI is InChI=1S/C15H16N2OS/c1-10-6-7-12(19-10)9-16-15(18)14-8-11-4-2-3-5-13(11)17-14/h2-7,14,17H,8-9H2,1H3,(H,16,18)/t14-/m0/s1. The lowest BCUT2D eigenvalue weighted by Crippen LogP contribution is -2.37. The van der Waals surface area contributed by atoms with Crippen molar-refractivity contribution in [2.24, 2.45) is 0 Å². The number of aryl methyl sites for hydroxylation is 1. The number of anilines is 1. The molecule has 1 aliphatic rings. The third kappa shape index (κ3) is 2.63. The molecule has 0 bridgehead atoms. The van der Waals surface area contributed by atoms with E-state index in [2.05, 4.69) is 35.8 Å². The van der Waals surface area contributed by atoms with Crippen LogP contribution in [0.15, 0.2) is 36.4 Å². The Hall–Kier alpha value is -1.81. The van der Waals surface area contributed by atoms with Gasteiger partial charge in [0.25, 0.3) is 0 Å². The Morgan fingerprint density at radius 3 is 2.95 bits per heavy atom. The molecule has 2 heterocycles. The maximum atomic E-state index is 12.1. The zero-order valence-corrected chi connectivity index (χ0v) is 11.6. The highest BCUT2D eigenvalue weighted by Crippen LogP contribution is 2.25. The van der Waals surface area contributed by atoms with Gasteiger partial charge in [0.05, 0.1) is 6.54 Å². The average molecular weight is 272 g/mol. The third-order valence-corrected chi connectivity index (χ3v) is 4.32. The van der Waals surface area contributed by atoms with Gasteiger partial charge in [-0.1, -0.05) is 18.2 Å². The predicted molar refractivity (Wildman–Crippen MR) is 78.5 cm³/mol. The molecular weight excluding hydrogens is 256 g/mol. The van der Waals surface area contributed by atoms with Gasteiger partial charge < -0.3 is 10.6 Å². The molecule has 2 N–H and O–H groups in total. The average Bonchev–Trinajstić information content (AvgIpc) is 3.01. The van der Waals surface area contributed by atoms with Crippen LogP contribution in [0.2, 0.25) is 0 Å². The van der Waals surface area contributed by atoms with E-state index in [9.17, 15) is 4.79 Å². The fourth-order valence-electron chi connectivity index (χ4n) is 2.33. The highest BCUT2D eigenvalue weighted by atomic mass is 32.1. The number of nitrogens with one attached hydrogen (secondary N) is 2. The number of carbonyl (C=O) groups is 1. The van der Waals surface area contributed by atoms with Crippen LogP contribution in [-0.2, 0) is 17.8 Å². The summed E-state index contributed by atoms with van der Waals surface area (Å²) in [5.41, 5.74) is 2.30. The molecule has 19 heavy (non-hydrogen) atoms. The van der Waals surface area contributed by atoms with Gasteiger partial charge in [0.1, 0.15) is 6.04 Å². The van der Waals surface area contributed by atoms with Gasteiger partial charge in [-0.3, -0.25) is 4.79 Å². The van der Waals surface area contributed by atoms with E-state index in [0.717, 1.165) is 12.1 Å². The number of hydrogen-bond donors (Lipinski definition) is 2. The van der Waals surface area contributed by atoms with Crippen molar-refractivity contribution in [3.8, 4) is 0 Å². The van der Waals surface area contributed by atoms with Crippen LogP contribution in [0.5, 0.6) is 0 Å². The van der Waals surface area contributed by atoms with Gasteiger partial charge in [-0.2, -0.15) is 0 Å². The van der Waals surface area contributed by atoms with Gasteiger partial charge in [0, 0.05) is 21.9 Å². The Kier molecular flexibility index (Phi) is 3.25. The predicted octanol–water partition coefficient (Wildman–Crippen LogP) is 2.71. The van der Waals surface area contributed by atoms with Crippen molar-refractivity contribution in [3.05, 3.63) is 51.7 Å². The van der Waals surface area contributed by atoms with Crippen LogP contribution < -0.4 is 10.6 Å². The van der Waals surface area contributed by atoms with E-state index in [-0.39, 0.29) is 11.9 Å². The minimum atomic E-state index is -0.140. The summed E-state index contributed by atoms with van der Waals surface area (Å²) in [7, 11) is 0. The monoisotopic (exact) mass is 272 g/mol. The van der Waals surface area contributed by atoms with Gasteiger partial charge in [-0.15, -0.1) is 11.3 Å². The summed E-state index contributed by atoms with van der Waals surface area (Å²) in [6.45, 7) is 2.69. The number of para-hydroxylation sites is 1. The molecule has 0 radical (unpaired) electrons. The van der Waals surface area contributed by atoms with Crippen LogP contribution in [0, 0.1) is 6.92 Å². The first kappa shape index (κ1) is 12.2. The molecule has 3 rings (SSSR count). The first-order chi connectivity index (χ1) is 9.22. The van der Waals surface area contributed by atoms with Crippen LogP contribution in [0.3, 0.4) is 0 Å². The molecule has 0 unspecified atom stereocenters. The van der Waals surface area contributed by atoms with Crippen molar-refractivity contribution in [3.63, 3.8) is 0 Å². The number of fused-ring (bicyclic) bond motifs is 1. The molecule has 2 aromatic rings. The van der Waals surface area contributed by atoms with Gasteiger partial charge in [-0.25, -0.2) is 0 Å². The van der Waals surface area contributed by atoms with E-state index in [1.54, 1.807) is 11.3 Å². The summed E-state index contributed by atoms with van der Waals surface area (Å²) in [6.07, 6.45) is 0.769. The number of rotatable bonds is 3. The number of benzene rings is 1. The molecule has 0 spiro atoms. The number of amides is 1. The maximum Gasteiger partial charge on any atom is 0.243 e. The minimum absolute atomic E-state index is 0.0715. The molecule has 1 aliphatic heterocycles. The highest BCUT2D eigenvalue weighted by molar-refractivity contribution is 7.11. The lowest BCUT2D eigenvalue weighted by molar-refractivity contribution is -0.121. The van der Waals surface area contributed by atoms with Crippen molar-refractivity contribution in [1.29, 1.82) is 0 Å². The second kappa shape index (κ2) is 5.05. The fraction of sp³-hybridized carbons (Fsp3) is 0.267. The zero-order valence-electron chi connectivity index (χ0n) is 10.8. The van der Waals surface area contributed by atoms with Gasteiger partial charge in [0.15, 0.2) is 0 Å². The summed E-state index contributed by atoms with van der Waals surface area (Å²) >= 11 is 1.72. The van der Waals surface area contributed by atoms with Crippen LogP contribution >= 0.6 is 11.3 Å². The fourth-order valence-corrected chi connectivity index (χ4v) is 3.16. The Morgan fingerprint density at radius 1 is 1.37 bits per heavy atom. The van der Waals surface area contributed by atoms with Crippen molar-refractivity contribution in [2.75, 3.05) is 5.32 Å². The molecule has 3 nitrogen and oxygen atoms in total. The van der Waals surface area contributed by atoms with E-state index in [1.807, 2.05) is 18.2 Å². The molecule has 0 saturated heterocycles. The number of carbonyl (C=O) groups excluding carboxylic acids is 1. The maximum absolute atomic E-state index is 12.1. The lowest BCUT2D eigenvalue weighted by atomic mass is 10.1. The molecule has 0 fully saturated rings. The number of hydrogen-bond acceptors (Lipinski definition) is 3. The van der Waals surface area contributed by atoms with E-state index in [1.165, 1.54) is 15.3 Å². The third-order valence-electron chi connectivity index (χ3n) is 3.32. The van der Waals surface area contributed by atoms with E-state index in [0.29, 0.717) is 6.54 Å². The molecule has 1 amide bonds.